The molecule has 0 bridgehead atoms. The fourth-order valence-corrected chi connectivity index (χ4v) is 2.08. The minimum absolute atomic E-state index is 0.359. The van der Waals surface area contributed by atoms with E-state index in [9.17, 15) is 19.8 Å². The average Bonchev–Trinajstić information content (AvgIpc) is 2.67. The molecule has 1 saturated heterocycles. The van der Waals surface area contributed by atoms with Gasteiger partial charge in [0.05, 0.1) is 6.61 Å². The molecular formula is C11H16N2O6. The van der Waals surface area contributed by atoms with Crippen LogP contribution in [0.15, 0.2) is 15.8 Å². The van der Waals surface area contributed by atoms with Crippen molar-refractivity contribution in [1.29, 1.82) is 0 Å². The summed E-state index contributed by atoms with van der Waals surface area (Å²) in [7, 11) is 0. The third-order valence-corrected chi connectivity index (χ3v) is 3.21. The molecule has 1 fully saturated rings. The molecule has 1 aliphatic heterocycles. The number of nitrogens with zero attached hydrogens (tertiary/aromatic N) is 1. The van der Waals surface area contributed by atoms with E-state index in [4.69, 9.17) is 9.84 Å². The highest BCUT2D eigenvalue weighted by atomic mass is 16.6. The molecule has 19 heavy (non-hydrogen) atoms. The van der Waals surface area contributed by atoms with Gasteiger partial charge in [0.1, 0.15) is 18.3 Å². The maximum atomic E-state index is 11.7. The zero-order valence-electron chi connectivity index (χ0n) is 10.3. The van der Waals surface area contributed by atoms with Crippen molar-refractivity contribution in [2.24, 2.45) is 0 Å². The van der Waals surface area contributed by atoms with Gasteiger partial charge in [0.15, 0.2) is 6.23 Å². The van der Waals surface area contributed by atoms with Crippen LogP contribution in [-0.4, -0.2) is 49.8 Å². The summed E-state index contributed by atoms with van der Waals surface area (Å²) in [5.41, 5.74) is -0.870. The van der Waals surface area contributed by atoms with Gasteiger partial charge in [0.25, 0.3) is 5.56 Å². The molecule has 4 atom stereocenters. The van der Waals surface area contributed by atoms with Crippen molar-refractivity contribution >= 4 is 0 Å². The average molecular weight is 272 g/mol. The van der Waals surface area contributed by atoms with Crippen LogP contribution in [0.5, 0.6) is 0 Å². The number of aromatic amines is 1. The van der Waals surface area contributed by atoms with Crippen LogP contribution in [0.4, 0.5) is 0 Å². The van der Waals surface area contributed by atoms with Crippen molar-refractivity contribution in [2.45, 2.75) is 37.9 Å². The summed E-state index contributed by atoms with van der Waals surface area (Å²) in [5.74, 6) is 0. The van der Waals surface area contributed by atoms with Gasteiger partial charge in [-0.2, -0.15) is 0 Å². The van der Waals surface area contributed by atoms with Gasteiger partial charge in [-0.05, 0) is 6.42 Å². The van der Waals surface area contributed by atoms with Crippen LogP contribution in [-0.2, 0) is 11.2 Å². The first-order valence-electron chi connectivity index (χ1n) is 5.96. The van der Waals surface area contributed by atoms with Crippen LogP contribution < -0.4 is 11.2 Å². The maximum Gasteiger partial charge on any atom is 0.330 e. The lowest BCUT2D eigenvalue weighted by molar-refractivity contribution is -0.0551. The number of aliphatic hydroxyl groups is 3. The van der Waals surface area contributed by atoms with Gasteiger partial charge in [0, 0.05) is 11.8 Å². The van der Waals surface area contributed by atoms with Crippen LogP contribution in [0, 0.1) is 0 Å². The summed E-state index contributed by atoms with van der Waals surface area (Å²) in [5, 5.41) is 28.5. The number of aromatic nitrogens is 2. The van der Waals surface area contributed by atoms with Gasteiger partial charge in [-0.25, -0.2) is 4.79 Å². The van der Waals surface area contributed by atoms with E-state index in [0.717, 1.165) is 4.57 Å². The van der Waals surface area contributed by atoms with Gasteiger partial charge in [0.2, 0.25) is 0 Å². The largest absolute Gasteiger partial charge is 0.394 e. The van der Waals surface area contributed by atoms with Crippen LogP contribution in [0.2, 0.25) is 0 Å². The van der Waals surface area contributed by atoms with E-state index in [-0.39, 0.29) is 0 Å². The Morgan fingerprint density at radius 2 is 2.05 bits per heavy atom. The number of hydrogen-bond donors (Lipinski definition) is 4. The second-order valence-corrected chi connectivity index (χ2v) is 4.40. The van der Waals surface area contributed by atoms with Gasteiger partial charge in [-0.3, -0.25) is 14.3 Å². The summed E-state index contributed by atoms with van der Waals surface area (Å²) >= 11 is 0. The standard InChI is InChI=1S/C11H16N2O6/c1-2-5-3-13(11(18)12-9(5)17)10-8(16)7(15)6(4-14)19-10/h3,6-8,10,14-16H,2,4H2,1H3,(H,12,17,18)/t6-,7+,8-,10-/m1/s1. The number of ether oxygens (including phenoxy) is 1. The van der Waals surface area contributed by atoms with Gasteiger partial charge < -0.3 is 20.1 Å². The van der Waals surface area contributed by atoms with Crippen molar-refractivity contribution in [3.8, 4) is 0 Å². The molecule has 0 aromatic carbocycles. The number of nitrogens with one attached hydrogen (secondary N) is 1. The minimum Gasteiger partial charge on any atom is -0.394 e. The van der Waals surface area contributed by atoms with Crippen LogP contribution in [0.1, 0.15) is 18.7 Å². The molecular weight excluding hydrogens is 256 g/mol. The number of aliphatic hydroxyl groups excluding tert-OH is 3. The van der Waals surface area contributed by atoms with E-state index in [1.165, 1.54) is 6.20 Å². The smallest absolute Gasteiger partial charge is 0.330 e. The molecule has 0 spiro atoms. The molecule has 0 amide bonds. The molecule has 1 aromatic rings. The molecule has 0 radical (unpaired) electrons. The van der Waals surface area contributed by atoms with Crippen molar-refractivity contribution < 1.29 is 20.1 Å². The molecule has 8 nitrogen and oxygen atoms in total. The highest BCUT2D eigenvalue weighted by molar-refractivity contribution is 5.05. The lowest BCUT2D eigenvalue weighted by Gasteiger charge is -2.17. The van der Waals surface area contributed by atoms with E-state index in [0.29, 0.717) is 12.0 Å². The number of H-pyrrole nitrogens is 1. The van der Waals surface area contributed by atoms with E-state index < -0.39 is 42.4 Å². The molecule has 106 valence electrons. The topological polar surface area (TPSA) is 125 Å². The Bertz CT molecular complexity index is 565. The SMILES string of the molecule is CCc1cn([C@@H]2O[C@H](CO)[C@H](O)[C@H]2O)c(=O)[nH]c1=O. The van der Waals surface area contributed by atoms with Crippen molar-refractivity contribution in [3.63, 3.8) is 0 Å². The molecule has 0 aliphatic carbocycles. The first-order chi connectivity index (χ1) is 8.99. The van der Waals surface area contributed by atoms with Gasteiger partial charge >= 0.3 is 5.69 Å². The van der Waals surface area contributed by atoms with Crippen LogP contribution in [0.3, 0.4) is 0 Å². The van der Waals surface area contributed by atoms with Crippen molar-refractivity contribution in [1.82, 2.24) is 9.55 Å². The summed E-state index contributed by atoms with van der Waals surface area (Å²) in [6.45, 7) is 1.27. The quantitative estimate of drug-likeness (QED) is 0.491. The molecule has 0 saturated carbocycles. The normalized spacial score (nSPS) is 30.7. The van der Waals surface area contributed by atoms with Gasteiger partial charge in [-0.1, -0.05) is 6.92 Å². The Morgan fingerprint density at radius 3 is 2.58 bits per heavy atom. The predicted molar refractivity (Wildman–Crippen MR) is 63.7 cm³/mol. The van der Waals surface area contributed by atoms with E-state index >= 15 is 0 Å². The molecule has 4 N–H and O–H groups in total. The Labute approximate surface area is 107 Å². The van der Waals surface area contributed by atoms with Gasteiger partial charge in [-0.15, -0.1) is 0 Å². The first kappa shape index (κ1) is 13.9. The van der Waals surface area contributed by atoms with Crippen molar-refractivity contribution in [2.75, 3.05) is 6.61 Å². The zero-order chi connectivity index (χ0) is 14.2. The summed E-state index contributed by atoms with van der Waals surface area (Å²) in [6.07, 6.45) is -3.05. The maximum absolute atomic E-state index is 11.7. The third kappa shape index (κ3) is 2.35. The summed E-state index contributed by atoms with van der Waals surface area (Å²) < 4.78 is 6.25. The number of rotatable bonds is 3. The summed E-state index contributed by atoms with van der Waals surface area (Å²) in [4.78, 5) is 25.3. The lowest BCUT2D eigenvalue weighted by Crippen LogP contribution is -2.38. The Morgan fingerprint density at radius 1 is 1.37 bits per heavy atom. The molecule has 1 aliphatic rings. The number of aryl methyl sites for hydroxylation is 1. The Balaban J connectivity index is 2.43. The predicted octanol–water partition coefficient (Wildman–Crippen LogP) is -2.29. The number of hydrogen-bond acceptors (Lipinski definition) is 6. The second kappa shape index (κ2) is 5.25. The zero-order valence-corrected chi connectivity index (χ0v) is 10.3. The van der Waals surface area contributed by atoms with E-state index in [1.807, 2.05) is 0 Å². The minimum atomic E-state index is -1.36. The van der Waals surface area contributed by atoms with E-state index in [2.05, 4.69) is 4.98 Å². The molecule has 1 aromatic heterocycles. The molecule has 0 unspecified atom stereocenters. The van der Waals surface area contributed by atoms with E-state index in [1.54, 1.807) is 6.92 Å². The Kier molecular flexibility index (Phi) is 3.85. The molecule has 8 heteroatoms. The second-order valence-electron chi connectivity index (χ2n) is 4.40. The first-order valence-corrected chi connectivity index (χ1v) is 5.96. The fraction of sp³-hybridized carbons (Fsp3) is 0.636. The van der Waals surface area contributed by atoms with Crippen LogP contribution >= 0.6 is 0 Å². The highest BCUT2D eigenvalue weighted by Crippen LogP contribution is 2.27. The summed E-state index contributed by atoms with van der Waals surface area (Å²) in [6, 6.07) is 0. The lowest BCUT2D eigenvalue weighted by atomic mass is 10.1. The Hall–Kier alpha value is -1.48. The molecule has 2 rings (SSSR count). The van der Waals surface area contributed by atoms with Crippen LogP contribution in [0.25, 0.3) is 0 Å². The molecule has 2 heterocycles. The monoisotopic (exact) mass is 272 g/mol. The highest BCUT2D eigenvalue weighted by Gasteiger charge is 2.43. The van der Waals surface area contributed by atoms with Crippen molar-refractivity contribution in [3.05, 3.63) is 32.6 Å². The third-order valence-electron chi connectivity index (χ3n) is 3.21. The fourth-order valence-electron chi connectivity index (χ4n) is 2.08.